The van der Waals surface area contributed by atoms with Crippen molar-refractivity contribution in [2.45, 2.75) is 44.4 Å². The molecule has 0 bridgehead atoms. The summed E-state index contributed by atoms with van der Waals surface area (Å²) in [7, 11) is 0. The van der Waals surface area contributed by atoms with E-state index in [9.17, 15) is 4.79 Å². The van der Waals surface area contributed by atoms with Gasteiger partial charge in [-0.1, -0.05) is 5.16 Å². The Morgan fingerprint density at radius 2 is 2.30 bits per heavy atom. The number of carbonyl (C=O) groups excluding carboxylic acids is 1. The maximum Gasteiger partial charge on any atom is 0.229 e. The molecule has 0 radical (unpaired) electrons. The number of carbonyl (C=O) groups is 1. The first-order valence-corrected chi connectivity index (χ1v) is 9.33. The van der Waals surface area contributed by atoms with Crippen LogP contribution < -0.4 is 0 Å². The van der Waals surface area contributed by atoms with Gasteiger partial charge < -0.3 is 9.42 Å². The summed E-state index contributed by atoms with van der Waals surface area (Å²) in [6, 6.07) is 2.03. The molecule has 0 spiro atoms. The molecule has 23 heavy (non-hydrogen) atoms. The summed E-state index contributed by atoms with van der Waals surface area (Å²) in [6.45, 7) is 1.75. The van der Waals surface area contributed by atoms with Crippen LogP contribution in [0.1, 0.15) is 48.9 Å². The Morgan fingerprint density at radius 1 is 1.39 bits per heavy atom. The van der Waals surface area contributed by atoms with Crippen LogP contribution in [0.2, 0.25) is 0 Å². The number of hydrogen-bond donors (Lipinski definition) is 0. The molecule has 1 amide bonds. The van der Waals surface area contributed by atoms with E-state index in [2.05, 4.69) is 15.5 Å². The van der Waals surface area contributed by atoms with E-state index in [1.807, 2.05) is 16.3 Å². The zero-order valence-corrected chi connectivity index (χ0v) is 13.9. The molecule has 1 saturated carbocycles. The number of nitrogens with zero attached hydrogens (tertiary/aromatic N) is 3. The monoisotopic (exact) mass is 331 g/mol. The topological polar surface area (TPSA) is 59.2 Å². The van der Waals surface area contributed by atoms with Crippen LogP contribution >= 0.6 is 11.3 Å². The fourth-order valence-electron chi connectivity index (χ4n) is 3.17. The molecule has 3 heterocycles. The molecule has 6 heteroatoms. The number of likely N-dealkylation sites (tertiary alicyclic amines) is 1. The second-order valence-corrected chi connectivity index (χ2v) is 7.44. The average molecular weight is 331 g/mol. The van der Waals surface area contributed by atoms with Crippen molar-refractivity contribution in [1.82, 2.24) is 15.0 Å². The van der Waals surface area contributed by atoms with Gasteiger partial charge >= 0.3 is 0 Å². The van der Waals surface area contributed by atoms with Crippen LogP contribution in [0.3, 0.4) is 0 Å². The summed E-state index contributed by atoms with van der Waals surface area (Å²) in [6.07, 6.45) is 5.88. The Kier molecular flexibility index (Phi) is 4.16. The molecule has 2 aromatic rings. The average Bonchev–Trinajstić information content (AvgIpc) is 3.00. The second-order valence-electron chi connectivity index (χ2n) is 6.66. The van der Waals surface area contributed by atoms with E-state index in [4.69, 9.17) is 4.52 Å². The van der Waals surface area contributed by atoms with E-state index in [1.54, 1.807) is 11.3 Å². The van der Waals surface area contributed by atoms with Gasteiger partial charge in [-0.05, 0) is 54.0 Å². The lowest BCUT2D eigenvalue weighted by Gasteiger charge is -2.16. The van der Waals surface area contributed by atoms with Crippen LogP contribution in [-0.4, -0.2) is 34.0 Å². The standard InChI is InChI=1S/C17H21N3O2S/c21-16(9-13-6-8-23-11-13)20-7-5-12(10-20)1-4-15-18-17(22-19-15)14-2-3-14/h6,8,11-12,14H,1-5,7,9-10H2. The molecule has 1 atom stereocenters. The Labute approximate surface area is 139 Å². The lowest BCUT2D eigenvalue weighted by molar-refractivity contribution is -0.129. The maximum absolute atomic E-state index is 12.3. The van der Waals surface area contributed by atoms with Crippen LogP contribution in [0.15, 0.2) is 21.3 Å². The minimum atomic E-state index is 0.251. The van der Waals surface area contributed by atoms with Crippen molar-refractivity contribution >= 4 is 17.2 Å². The smallest absolute Gasteiger partial charge is 0.229 e. The number of amides is 1. The van der Waals surface area contributed by atoms with Crippen LogP contribution in [-0.2, 0) is 17.6 Å². The minimum absolute atomic E-state index is 0.251. The summed E-state index contributed by atoms with van der Waals surface area (Å²) in [4.78, 5) is 18.8. The zero-order chi connectivity index (χ0) is 15.6. The van der Waals surface area contributed by atoms with E-state index in [0.717, 1.165) is 49.6 Å². The lowest BCUT2D eigenvalue weighted by atomic mass is 10.0. The first kappa shape index (κ1) is 14.9. The molecule has 0 N–H and O–H groups in total. The molecular weight excluding hydrogens is 310 g/mol. The predicted molar refractivity (Wildman–Crippen MR) is 87.3 cm³/mol. The van der Waals surface area contributed by atoms with Gasteiger partial charge in [0.2, 0.25) is 11.8 Å². The molecule has 2 fully saturated rings. The second kappa shape index (κ2) is 6.43. The van der Waals surface area contributed by atoms with Crippen LogP contribution in [0, 0.1) is 5.92 Å². The molecule has 2 aromatic heterocycles. The Hall–Kier alpha value is -1.69. The maximum atomic E-state index is 12.3. The van der Waals surface area contributed by atoms with Gasteiger partial charge in [0.1, 0.15) is 0 Å². The highest BCUT2D eigenvalue weighted by Gasteiger charge is 2.30. The quantitative estimate of drug-likeness (QED) is 0.816. The van der Waals surface area contributed by atoms with Crippen LogP contribution in [0.25, 0.3) is 0 Å². The summed E-state index contributed by atoms with van der Waals surface area (Å²) in [5.41, 5.74) is 1.13. The van der Waals surface area contributed by atoms with Gasteiger partial charge in [-0.25, -0.2) is 0 Å². The SMILES string of the molecule is O=C(Cc1ccsc1)N1CCC(CCc2noc(C3CC3)n2)C1. The van der Waals surface area contributed by atoms with E-state index in [-0.39, 0.29) is 5.91 Å². The van der Waals surface area contributed by atoms with Crippen molar-refractivity contribution in [1.29, 1.82) is 0 Å². The summed E-state index contributed by atoms with van der Waals surface area (Å²) in [5, 5.41) is 8.16. The van der Waals surface area contributed by atoms with Gasteiger partial charge in [0.25, 0.3) is 0 Å². The van der Waals surface area contributed by atoms with Crippen molar-refractivity contribution in [2.75, 3.05) is 13.1 Å². The summed E-state index contributed by atoms with van der Waals surface area (Å²) >= 11 is 1.65. The minimum Gasteiger partial charge on any atom is -0.342 e. The molecule has 2 aliphatic rings. The number of thiophene rings is 1. The molecule has 4 rings (SSSR count). The molecular formula is C17H21N3O2S. The number of rotatable bonds is 6. The Balaban J connectivity index is 1.24. The first-order valence-electron chi connectivity index (χ1n) is 8.39. The highest BCUT2D eigenvalue weighted by molar-refractivity contribution is 7.07. The number of aromatic nitrogens is 2. The van der Waals surface area contributed by atoms with Crippen molar-refractivity contribution in [3.8, 4) is 0 Å². The third-order valence-electron chi connectivity index (χ3n) is 4.76. The van der Waals surface area contributed by atoms with Gasteiger partial charge in [0.15, 0.2) is 5.82 Å². The van der Waals surface area contributed by atoms with Gasteiger partial charge in [0.05, 0.1) is 6.42 Å². The number of hydrogen-bond acceptors (Lipinski definition) is 5. The van der Waals surface area contributed by atoms with Crippen LogP contribution in [0.4, 0.5) is 0 Å². The van der Waals surface area contributed by atoms with E-state index in [1.165, 1.54) is 12.8 Å². The lowest BCUT2D eigenvalue weighted by Crippen LogP contribution is -2.30. The van der Waals surface area contributed by atoms with E-state index >= 15 is 0 Å². The predicted octanol–water partition coefficient (Wildman–Crippen LogP) is 3.03. The van der Waals surface area contributed by atoms with Crippen molar-refractivity contribution in [2.24, 2.45) is 5.92 Å². The zero-order valence-electron chi connectivity index (χ0n) is 13.1. The molecule has 1 aliphatic heterocycles. The third-order valence-corrected chi connectivity index (χ3v) is 5.49. The van der Waals surface area contributed by atoms with Crippen LogP contribution in [0.5, 0.6) is 0 Å². The van der Waals surface area contributed by atoms with E-state index in [0.29, 0.717) is 18.3 Å². The van der Waals surface area contributed by atoms with Crippen molar-refractivity contribution in [3.63, 3.8) is 0 Å². The van der Waals surface area contributed by atoms with E-state index < -0.39 is 0 Å². The summed E-state index contributed by atoms with van der Waals surface area (Å²) < 4.78 is 5.30. The molecule has 1 unspecified atom stereocenters. The Morgan fingerprint density at radius 3 is 3.09 bits per heavy atom. The van der Waals surface area contributed by atoms with Gasteiger partial charge in [0, 0.05) is 25.4 Å². The van der Waals surface area contributed by atoms with Crippen molar-refractivity contribution < 1.29 is 9.32 Å². The van der Waals surface area contributed by atoms with Gasteiger partial charge in [-0.3, -0.25) is 4.79 Å². The first-order chi connectivity index (χ1) is 11.3. The fourth-order valence-corrected chi connectivity index (χ4v) is 3.84. The largest absolute Gasteiger partial charge is 0.342 e. The fraction of sp³-hybridized carbons (Fsp3) is 0.588. The highest BCUT2D eigenvalue weighted by Crippen LogP contribution is 2.38. The highest BCUT2D eigenvalue weighted by atomic mass is 32.1. The molecule has 1 saturated heterocycles. The third kappa shape index (κ3) is 3.63. The van der Waals surface area contributed by atoms with Gasteiger partial charge in [-0.2, -0.15) is 16.3 Å². The summed E-state index contributed by atoms with van der Waals surface area (Å²) in [5.74, 6) is 2.98. The molecule has 1 aliphatic carbocycles. The molecule has 0 aromatic carbocycles. The van der Waals surface area contributed by atoms with Gasteiger partial charge in [-0.15, -0.1) is 0 Å². The Bertz CT molecular complexity index is 663. The molecule has 5 nitrogen and oxygen atoms in total. The number of aryl methyl sites for hydroxylation is 1. The molecule has 122 valence electrons. The van der Waals surface area contributed by atoms with Crippen molar-refractivity contribution in [3.05, 3.63) is 34.1 Å². The normalized spacial score (nSPS) is 21.0.